The van der Waals surface area contributed by atoms with E-state index in [4.69, 9.17) is 4.74 Å². The standard InChI is InChI=1S/C18H19N5O2S/c1-12-5-4-6-15(11-12)23-18(20-21-22-23)26-13(2)17(24)19-14-7-9-16(25-3)10-8-14/h4-11,13H,1-3H3,(H,19,24). The molecule has 0 aliphatic carbocycles. The SMILES string of the molecule is COc1ccc(NC(=O)C(C)Sc2nnnn2-c2cccc(C)c2)cc1. The van der Waals surface area contributed by atoms with Crippen molar-refractivity contribution >= 4 is 23.4 Å². The average Bonchev–Trinajstić information content (AvgIpc) is 3.10. The molecule has 0 saturated carbocycles. The monoisotopic (exact) mass is 369 g/mol. The van der Waals surface area contributed by atoms with E-state index in [-0.39, 0.29) is 11.2 Å². The fourth-order valence-corrected chi connectivity index (χ4v) is 3.11. The molecule has 3 aromatic rings. The number of methoxy groups -OCH3 is 1. The summed E-state index contributed by atoms with van der Waals surface area (Å²) in [5.41, 5.74) is 2.68. The summed E-state index contributed by atoms with van der Waals surface area (Å²) < 4.78 is 6.75. The van der Waals surface area contributed by atoms with E-state index in [0.29, 0.717) is 10.8 Å². The second-order valence-corrected chi connectivity index (χ2v) is 7.00. The highest BCUT2D eigenvalue weighted by molar-refractivity contribution is 8.00. The Balaban J connectivity index is 1.69. The van der Waals surface area contributed by atoms with Crippen LogP contribution in [0.15, 0.2) is 53.7 Å². The smallest absolute Gasteiger partial charge is 0.237 e. The zero-order chi connectivity index (χ0) is 18.5. The van der Waals surface area contributed by atoms with Gasteiger partial charge in [0.25, 0.3) is 0 Å². The third-order valence-electron chi connectivity index (χ3n) is 3.70. The lowest BCUT2D eigenvalue weighted by molar-refractivity contribution is -0.115. The number of hydrogen-bond acceptors (Lipinski definition) is 6. The van der Waals surface area contributed by atoms with Crippen LogP contribution in [-0.4, -0.2) is 38.5 Å². The molecule has 0 bridgehead atoms. The minimum absolute atomic E-state index is 0.126. The number of amides is 1. The molecule has 1 amide bonds. The maximum absolute atomic E-state index is 12.5. The molecule has 26 heavy (non-hydrogen) atoms. The fraction of sp³-hybridized carbons (Fsp3) is 0.222. The normalized spacial score (nSPS) is 11.8. The van der Waals surface area contributed by atoms with Crippen LogP contribution in [0.3, 0.4) is 0 Å². The van der Waals surface area contributed by atoms with Crippen molar-refractivity contribution in [1.82, 2.24) is 20.2 Å². The van der Waals surface area contributed by atoms with Crippen molar-refractivity contribution in [2.75, 3.05) is 12.4 Å². The first-order valence-corrected chi connectivity index (χ1v) is 8.92. The lowest BCUT2D eigenvalue weighted by Gasteiger charge is -2.12. The molecule has 0 aliphatic rings. The molecule has 1 atom stereocenters. The third-order valence-corrected chi connectivity index (χ3v) is 4.73. The molecule has 1 unspecified atom stereocenters. The molecular formula is C18H19N5O2S. The predicted octanol–water partition coefficient (Wildman–Crippen LogP) is 3.10. The van der Waals surface area contributed by atoms with Crippen molar-refractivity contribution in [2.45, 2.75) is 24.3 Å². The number of hydrogen-bond donors (Lipinski definition) is 1. The van der Waals surface area contributed by atoms with Gasteiger partial charge in [-0.05, 0) is 66.2 Å². The van der Waals surface area contributed by atoms with Gasteiger partial charge in [0.2, 0.25) is 11.1 Å². The summed E-state index contributed by atoms with van der Waals surface area (Å²) in [6.45, 7) is 3.82. The molecular weight excluding hydrogens is 350 g/mol. The van der Waals surface area contributed by atoms with Gasteiger partial charge < -0.3 is 10.1 Å². The lowest BCUT2D eigenvalue weighted by Crippen LogP contribution is -2.22. The molecule has 0 saturated heterocycles. The number of thioether (sulfide) groups is 1. The molecule has 8 heteroatoms. The van der Waals surface area contributed by atoms with Gasteiger partial charge in [-0.3, -0.25) is 4.79 Å². The molecule has 0 spiro atoms. The summed E-state index contributed by atoms with van der Waals surface area (Å²) in [6, 6.07) is 15.1. The van der Waals surface area contributed by atoms with Gasteiger partial charge in [-0.1, -0.05) is 23.9 Å². The molecule has 0 aliphatic heterocycles. The number of rotatable bonds is 6. The van der Waals surface area contributed by atoms with E-state index in [1.807, 2.05) is 38.1 Å². The number of nitrogens with one attached hydrogen (secondary N) is 1. The van der Waals surface area contributed by atoms with Gasteiger partial charge in [-0.2, -0.15) is 4.68 Å². The van der Waals surface area contributed by atoms with Crippen LogP contribution in [0.2, 0.25) is 0 Å². The van der Waals surface area contributed by atoms with Gasteiger partial charge in [-0.25, -0.2) is 0 Å². The van der Waals surface area contributed by atoms with Crippen LogP contribution >= 0.6 is 11.8 Å². The lowest BCUT2D eigenvalue weighted by atomic mass is 10.2. The van der Waals surface area contributed by atoms with Crippen molar-refractivity contribution in [2.24, 2.45) is 0 Å². The Bertz CT molecular complexity index is 895. The Hall–Kier alpha value is -2.87. The molecule has 1 aromatic heterocycles. The van der Waals surface area contributed by atoms with Crippen molar-refractivity contribution in [1.29, 1.82) is 0 Å². The number of aromatic nitrogens is 4. The van der Waals surface area contributed by atoms with E-state index in [1.165, 1.54) is 11.8 Å². The van der Waals surface area contributed by atoms with Crippen LogP contribution in [0.1, 0.15) is 12.5 Å². The zero-order valence-corrected chi connectivity index (χ0v) is 15.5. The Morgan fingerprint density at radius 2 is 2.00 bits per heavy atom. The molecule has 3 rings (SSSR count). The number of tetrazole rings is 1. The highest BCUT2D eigenvalue weighted by Crippen LogP contribution is 2.24. The molecule has 134 valence electrons. The average molecular weight is 369 g/mol. The first-order chi connectivity index (χ1) is 12.6. The number of carbonyl (C=O) groups is 1. The minimum Gasteiger partial charge on any atom is -0.497 e. The Morgan fingerprint density at radius 3 is 2.69 bits per heavy atom. The largest absolute Gasteiger partial charge is 0.497 e. The summed E-state index contributed by atoms with van der Waals surface area (Å²) in [4.78, 5) is 12.5. The van der Waals surface area contributed by atoms with Gasteiger partial charge in [0.05, 0.1) is 18.0 Å². The van der Waals surface area contributed by atoms with E-state index in [1.54, 1.807) is 36.1 Å². The number of ether oxygens (including phenoxy) is 1. The van der Waals surface area contributed by atoms with Gasteiger partial charge >= 0.3 is 0 Å². The van der Waals surface area contributed by atoms with Gasteiger partial charge in [0.15, 0.2) is 0 Å². The van der Waals surface area contributed by atoms with Crippen molar-refractivity contribution in [3.05, 3.63) is 54.1 Å². The number of nitrogens with zero attached hydrogens (tertiary/aromatic N) is 4. The first-order valence-electron chi connectivity index (χ1n) is 8.04. The van der Waals surface area contributed by atoms with Crippen LogP contribution in [0, 0.1) is 6.92 Å². The number of anilines is 1. The zero-order valence-electron chi connectivity index (χ0n) is 14.7. The molecule has 7 nitrogen and oxygen atoms in total. The first kappa shape index (κ1) is 17.9. The van der Waals surface area contributed by atoms with Gasteiger partial charge in [-0.15, -0.1) is 5.10 Å². The minimum atomic E-state index is -0.369. The molecule has 1 heterocycles. The molecule has 1 N–H and O–H groups in total. The van der Waals surface area contributed by atoms with E-state index in [0.717, 1.165) is 17.0 Å². The summed E-state index contributed by atoms with van der Waals surface area (Å²) >= 11 is 1.30. The summed E-state index contributed by atoms with van der Waals surface area (Å²) in [5.74, 6) is 0.613. The number of aryl methyl sites for hydroxylation is 1. The Morgan fingerprint density at radius 1 is 1.23 bits per heavy atom. The Kier molecular flexibility index (Phi) is 5.52. The molecule has 0 radical (unpaired) electrons. The summed E-state index contributed by atoms with van der Waals surface area (Å²) in [5, 5.41) is 14.9. The number of carbonyl (C=O) groups excluding carboxylic acids is 1. The third kappa shape index (κ3) is 4.20. The summed E-state index contributed by atoms with van der Waals surface area (Å²) in [7, 11) is 1.60. The van der Waals surface area contributed by atoms with E-state index < -0.39 is 0 Å². The van der Waals surface area contributed by atoms with Crippen LogP contribution in [-0.2, 0) is 4.79 Å². The fourth-order valence-electron chi connectivity index (χ4n) is 2.30. The van der Waals surface area contributed by atoms with Gasteiger partial charge in [0.1, 0.15) is 5.75 Å². The van der Waals surface area contributed by atoms with E-state index in [9.17, 15) is 4.79 Å². The van der Waals surface area contributed by atoms with Crippen molar-refractivity contribution in [3.63, 3.8) is 0 Å². The molecule has 0 fully saturated rings. The van der Waals surface area contributed by atoms with Crippen molar-refractivity contribution < 1.29 is 9.53 Å². The predicted molar refractivity (Wildman–Crippen MR) is 101 cm³/mol. The Labute approximate surface area is 155 Å². The molecule has 2 aromatic carbocycles. The second-order valence-electron chi connectivity index (χ2n) is 5.69. The topological polar surface area (TPSA) is 81.9 Å². The maximum atomic E-state index is 12.5. The van der Waals surface area contributed by atoms with Crippen molar-refractivity contribution in [3.8, 4) is 11.4 Å². The summed E-state index contributed by atoms with van der Waals surface area (Å²) in [6.07, 6.45) is 0. The quantitative estimate of drug-likeness (QED) is 0.673. The van der Waals surface area contributed by atoms with E-state index in [2.05, 4.69) is 20.8 Å². The van der Waals surface area contributed by atoms with E-state index >= 15 is 0 Å². The van der Waals surface area contributed by atoms with Crippen LogP contribution in [0.25, 0.3) is 5.69 Å². The van der Waals surface area contributed by atoms with Crippen LogP contribution in [0.5, 0.6) is 5.75 Å². The van der Waals surface area contributed by atoms with Gasteiger partial charge in [0, 0.05) is 5.69 Å². The maximum Gasteiger partial charge on any atom is 0.237 e. The van der Waals surface area contributed by atoms with Crippen LogP contribution in [0.4, 0.5) is 5.69 Å². The highest BCUT2D eigenvalue weighted by atomic mass is 32.2. The second kappa shape index (κ2) is 8.01. The highest BCUT2D eigenvalue weighted by Gasteiger charge is 2.19. The van der Waals surface area contributed by atoms with Crippen LogP contribution < -0.4 is 10.1 Å². The number of benzene rings is 2.